The average molecular weight is 341 g/mol. The van der Waals surface area contributed by atoms with E-state index in [1.807, 2.05) is 12.1 Å². The SMILES string of the molecule is COc1ccc(N2CCN(CC(C)(C)CBr)CC2)cc1. The van der Waals surface area contributed by atoms with E-state index in [9.17, 15) is 0 Å². The first kappa shape index (κ1) is 15.6. The van der Waals surface area contributed by atoms with E-state index in [1.54, 1.807) is 7.11 Å². The van der Waals surface area contributed by atoms with Crippen LogP contribution in [0.4, 0.5) is 5.69 Å². The summed E-state index contributed by atoms with van der Waals surface area (Å²) in [7, 11) is 1.71. The molecule has 1 aliphatic rings. The van der Waals surface area contributed by atoms with Crippen molar-refractivity contribution < 1.29 is 4.74 Å². The van der Waals surface area contributed by atoms with E-state index < -0.39 is 0 Å². The Labute approximate surface area is 131 Å². The molecule has 1 aliphatic heterocycles. The summed E-state index contributed by atoms with van der Waals surface area (Å²) in [5.74, 6) is 0.923. The summed E-state index contributed by atoms with van der Waals surface area (Å²) in [4.78, 5) is 5.03. The third-order valence-corrected chi connectivity index (χ3v) is 5.34. The Morgan fingerprint density at radius 3 is 2.20 bits per heavy atom. The molecule has 3 nitrogen and oxygen atoms in total. The second-order valence-electron chi connectivity index (χ2n) is 6.26. The van der Waals surface area contributed by atoms with Gasteiger partial charge in [-0.2, -0.15) is 0 Å². The van der Waals surface area contributed by atoms with Crippen molar-refractivity contribution in [1.29, 1.82) is 0 Å². The maximum absolute atomic E-state index is 5.21. The van der Waals surface area contributed by atoms with Crippen molar-refractivity contribution in [2.24, 2.45) is 5.41 Å². The van der Waals surface area contributed by atoms with E-state index in [-0.39, 0.29) is 0 Å². The van der Waals surface area contributed by atoms with E-state index in [4.69, 9.17) is 4.74 Å². The van der Waals surface area contributed by atoms with Crippen molar-refractivity contribution in [3.05, 3.63) is 24.3 Å². The number of anilines is 1. The lowest BCUT2D eigenvalue weighted by atomic mass is 9.95. The van der Waals surface area contributed by atoms with Crippen LogP contribution in [0.2, 0.25) is 0 Å². The molecule has 0 bridgehead atoms. The Hall–Kier alpha value is -0.740. The van der Waals surface area contributed by atoms with Crippen LogP contribution in [0.5, 0.6) is 5.75 Å². The van der Waals surface area contributed by atoms with Crippen LogP contribution < -0.4 is 9.64 Å². The van der Waals surface area contributed by atoms with Gasteiger partial charge in [0.2, 0.25) is 0 Å². The quantitative estimate of drug-likeness (QED) is 0.765. The van der Waals surface area contributed by atoms with E-state index in [0.717, 1.165) is 43.8 Å². The fourth-order valence-corrected chi connectivity index (χ4v) is 2.78. The zero-order chi connectivity index (χ0) is 14.6. The van der Waals surface area contributed by atoms with E-state index >= 15 is 0 Å². The second kappa shape index (κ2) is 6.81. The summed E-state index contributed by atoms with van der Waals surface area (Å²) in [6.07, 6.45) is 0. The smallest absolute Gasteiger partial charge is 0.119 e. The number of alkyl halides is 1. The minimum atomic E-state index is 0.349. The van der Waals surface area contributed by atoms with Gasteiger partial charge in [-0.15, -0.1) is 0 Å². The van der Waals surface area contributed by atoms with Gasteiger partial charge < -0.3 is 9.64 Å². The third-order valence-electron chi connectivity index (χ3n) is 3.82. The highest BCUT2D eigenvalue weighted by atomic mass is 79.9. The molecule has 0 aromatic heterocycles. The van der Waals surface area contributed by atoms with Gasteiger partial charge in [-0.05, 0) is 29.7 Å². The molecule has 4 heteroatoms. The maximum Gasteiger partial charge on any atom is 0.119 e. The summed E-state index contributed by atoms with van der Waals surface area (Å²) in [6, 6.07) is 8.37. The van der Waals surface area contributed by atoms with Crippen LogP contribution in [-0.2, 0) is 0 Å². The minimum absolute atomic E-state index is 0.349. The zero-order valence-electron chi connectivity index (χ0n) is 12.7. The third kappa shape index (κ3) is 4.13. The number of piperazine rings is 1. The Kier molecular flexibility index (Phi) is 5.33. The molecule has 1 aromatic rings. The maximum atomic E-state index is 5.21. The molecule has 1 heterocycles. The van der Waals surface area contributed by atoms with Crippen molar-refractivity contribution >= 4 is 21.6 Å². The van der Waals surface area contributed by atoms with Crippen LogP contribution in [0.1, 0.15) is 13.8 Å². The molecular formula is C16H25BrN2O. The van der Waals surface area contributed by atoms with Gasteiger partial charge in [0.15, 0.2) is 0 Å². The lowest BCUT2D eigenvalue weighted by Crippen LogP contribution is -2.49. The summed E-state index contributed by atoms with van der Waals surface area (Å²) in [5.41, 5.74) is 1.65. The summed E-state index contributed by atoms with van der Waals surface area (Å²) >= 11 is 3.61. The Balaban J connectivity index is 1.87. The molecule has 1 fully saturated rings. The van der Waals surface area contributed by atoms with E-state index in [2.05, 4.69) is 51.7 Å². The monoisotopic (exact) mass is 340 g/mol. The van der Waals surface area contributed by atoms with Gasteiger partial charge in [0.25, 0.3) is 0 Å². The van der Waals surface area contributed by atoms with Gasteiger partial charge in [-0.25, -0.2) is 0 Å². The van der Waals surface area contributed by atoms with Crippen molar-refractivity contribution in [1.82, 2.24) is 4.90 Å². The van der Waals surface area contributed by atoms with E-state index in [0.29, 0.717) is 5.41 Å². The Bertz CT molecular complexity index is 411. The number of ether oxygens (including phenoxy) is 1. The van der Waals surface area contributed by atoms with E-state index in [1.165, 1.54) is 5.69 Å². The molecule has 2 rings (SSSR count). The van der Waals surface area contributed by atoms with Crippen LogP contribution in [0.25, 0.3) is 0 Å². The lowest BCUT2D eigenvalue weighted by Gasteiger charge is -2.39. The number of halogens is 1. The number of nitrogens with zero attached hydrogens (tertiary/aromatic N) is 2. The number of hydrogen-bond acceptors (Lipinski definition) is 3. The number of methoxy groups -OCH3 is 1. The largest absolute Gasteiger partial charge is 0.497 e. The topological polar surface area (TPSA) is 15.7 Å². The number of rotatable bonds is 5. The van der Waals surface area contributed by atoms with Crippen molar-refractivity contribution in [2.45, 2.75) is 13.8 Å². The molecule has 0 aliphatic carbocycles. The van der Waals surface area contributed by atoms with Gasteiger partial charge in [0.1, 0.15) is 5.75 Å². The van der Waals surface area contributed by atoms with Crippen molar-refractivity contribution in [2.75, 3.05) is 50.1 Å². The molecule has 20 heavy (non-hydrogen) atoms. The summed E-state index contributed by atoms with van der Waals surface area (Å²) < 4.78 is 5.21. The van der Waals surface area contributed by atoms with Crippen LogP contribution in [0.3, 0.4) is 0 Å². The molecule has 0 atom stereocenters. The molecule has 0 N–H and O–H groups in total. The van der Waals surface area contributed by atoms with Crippen LogP contribution >= 0.6 is 15.9 Å². The van der Waals surface area contributed by atoms with Crippen molar-refractivity contribution in [3.8, 4) is 5.75 Å². The molecule has 1 aromatic carbocycles. The zero-order valence-corrected chi connectivity index (χ0v) is 14.3. The van der Waals surface area contributed by atoms with Crippen LogP contribution in [0, 0.1) is 5.41 Å². The van der Waals surface area contributed by atoms with Crippen LogP contribution in [-0.4, -0.2) is 50.1 Å². The summed E-state index contributed by atoms with van der Waals surface area (Å²) in [5, 5.41) is 1.05. The van der Waals surface area contributed by atoms with Gasteiger partial charge in [-0.1, -0.05) is 29.8 Å². The lowest BCUT2D eigenvalue weighted by molar-refractivity contribution is 0.186. The molecule has 0 spiro atoms. The molecular weight excluding hydrogens is 316 g/mol. The first-order valence-corrected chi connectivity index (χ1v) is 8.33. The Morgan fingerprint density at radius 2 is 1.70 bits per heavy atom. The predicted molar refractivity (Wildman–Crippen MR) is 89.2 cm³/mol. The molecule has 0 saturated carbocycles. The van der Waals surface area contributed by atoms with Gasteiger partial charge >= 0.3 is 0 Å². The van der Waals surface area contributed by atoms with Crippen molar-refractivity contribution in [3.63, 3.8) is 0 Å². The van der Waals surface area contributed by atoms with Crippen LogP contribution in [0.15, 0.2) is 24.3 Å². The minimum Gasteiger partial charge on any atom is -0.497 e. The first-order valence-electron chi connectivity index (χ1n) is 7.21. The highest BCUT2D eigenvalue weighted by molar-refractivity contribution is 9.09. The molecule has 0 radical (unpaired) electrons. The average Bonchev–Trinajstić information content (AvgIpc) is 2.48. The van der Waals surface area contributed by atoms with Gasteiger partial charge in [0.05, 0.1) is 7.11 Å². The highest BCUT2D eigenvalue weighted by Crippen LogP contribution is 2.23. The fourth-order valence-electron chi connectivity index (χ4n) is 2.60. The standard InChI is InChI=1S/C16H25BrN2O/c1-16(2,12-17)13-18-8-10-19(11-9-18)14-4-6-15(20-3)7-5-14/h4-7H,8-13H2,1-3H3. The molecule has 0 unspecified atom stereocenters. The molecule has 0 amide bonds. The predicted octanol–water partition coefficient (Wildman–Crippen LogP) is 3.24. The molecule has 112 valence electrons. The number of benzene rings is 1. The molecule has 1 saturated heterocycles. The van der Waals surface area contributed by atoms with Gasteiger partial charge in [-0.3, -0.25) is 4.90 Å². The second-order valence-corrected chi connectivity index (χ2v) is 6.82. The first-order chi connectivity index (χ1) is 9.54. The number of hydrogen-bond donors (Lipinski definition) is 0. The Morgan fingerprint density at radius 1 is 1.10 bits per heavy atom. The summed E-state index contributed by atoms with van der Waals surface area (Å²) in [6.45, 7) is 10.3. The highest BCUT2D eigenvalue weighted by Gasteiger charge is 2.24. The normalized spacial score (nSPS) is 17.3. The fraction of sp³-hybridized carbons (Fsp3) is 0.625. The van der Waals surface area contributed by atoms with Gasteiger partial charge in [0, 0.05) is 43.7 Å².